The number of benzene rings is 2. The van der Waals surface area contributed by atoms with Crippen molar-refractivity contribution in [1.82, 2.24) is 0 Å². The van der Waals surface area contributed by atoms with Gasteiger partial charge in [0.05, 0.1) is 0 Å². The predicted octanol–water partition coefficient (Wildman–Crippen LogP) is 6.41. The molecular formula is C21H28. The summed E-state index contributed by atoms with van der Waals surface area (Å²) in [5, 5.41) is 0. The van der Waals surface area contributed by atoms with E-state index in [1.807, 2.05) is 0 Å². The van der Waals surface area contributed by atoms with Gasteiger partial charge in [0, 0.05) is 5.92 Å². The van der Waals surface area contributed by atoms with Crippen molar-refractivity contribution in [3.63, 3.8) is 0 Å². The molecule has 112 valence electrons. The molecule has 21 heavy (non-hydrogen) atoms. The Labute approximate surface area is 130 Å². The summed E-state index contributed by atoms with van der Waals surface area (Å²) in [7, 11) is 0. The molecule has 0 aromatic heterocycles. The van der Waals surface area contributed by atoms with Crippen LogP contribution in [-0.2, 0) is 0 Å². The van der Waals surface area contributed by atoms with Crippen LogP contribution < -0.4 is 0 Å². The van der Waals surface area contributed by atoms with Gasteiger partial charge in [-0.3, -0.25) is 0 Å². The first-order valence-corrected chi connectivity index (χ1v) is 8.34. The van der Waals surface area contributed by atoms with Gasteiger partial charge in [0.2, 0.25) is 0 Å². The van der Waals surface area contributed by atoms with Crippen molar-refractivity contribution < 1.29 is 0 Å². The van der Waals surface area contributed by atoms with Crippen LogP contribution in [0.5, 0.6) is 0 Å². The zero-order chi connectivity index (χ0) is 15.1. The molecule has 0 radical (unpaired) electrons. The molecule has 0 saturated carbocycles. The van der Waals surface area contributed by atoms with Crippen LogP contribution in [0.25, 0.3) is 0 Å². The SMILES string of the molecule is CCCCCCC(c1ccc(C)cc1)c1ccc(C)cc1. The normalized spacial score (nSPS) is 11.0. The van der Waals surface area contributed by atoms with Crippen molar-refractivity contribution in [3.05, 3.63) is 70.8 Å². The Morgan fingerprint density at radius 1 is 0.667 bits per heavy atom. The fourth-order valence-corrected chi connectivity index (χ4v) is 2.90. The fourth-order valence-electron chi connectivity index (χ4n) is 2.90. The summed E-state index contributed by atoms with van der Waals surface area (Å²) in [4.78, 5) is 0. The largest absolute Gasteiger partial charge is 0.0654 e. The van der Waals surface area contributed by atoms with Crippen molar-refractivity contribution >= 4 is 0 Å². The minimum absolute atomic E-state index is 0.544. The van der Waals surface area contributed by atoms with Crippen LogP contribution in [0.3, 0.4) is 0 Å². The Morgan fingerprint density at radius 2 is 1.14 bits per heavy atom. The van der Waals surface area contributed by atoms with E-state index in [0.717, 1.165) is 0 Å². The summed E-state index contributed by atoms with van der Waals surface area (Å²) in [6.45, 7) is 6.59. The van der Waals surface area contributed by atoms with E-state index in [9.17, 15) is 0 Å². The topological polar surface area (TPSA) is 0 Å². The van der Waals surface area contributed by atoms with E-state index in [4.69, 9.17) is 0 Å². The maximum atomic E-state index is 2.31. The van der Waals surface area contributed by atoms with Crippen LogP contribution >= 0.6 is 0 Å². The Morgan fingerprint density at radius 3 is 1.57 bits per heavy atom. The lowest BCUT2D eigenvalue weighted by Crippen LogP contribution is -2.01. The molecular weight excluding hydrogens is 252 g/mol. The molecule has 0 heterocycles. The number of rotatable bonds is 7. The highest BCUT2D eigenvalue weighted by Gasteiger charge is 2.13. The third-order valence-electron chi connectivity index (χ3n) is 4.31. The van der Waals surface area contributed by atoms with Gasteiger partial charge in [-0.15, -0.1) is 0 Å². The number of hydrogen-bond donors (Lipinski definition) is 0. The molecule has 0 heteroatoms. The van der Waals surface area contributed by atoms with Gasteiger partial charge in [-0.05, 0) is 31.4 Å². The smallest absolute Gasteiger partial charge is 0.00893 e. The van der Waals surface area contributed by atoms with Crippen LogP contribution in [0, 0.1) is 13.8 Å². The van der Waals surface area contributed by atoms with Crippen LogP contribution in [-0.4, -0.2) is 0 Å². The molecule has 0 unspecified atom stereocenters. The first-order chi connectivity index (χ1) is 10.2. The number of hydrogen-bond acceptors (Lipinski definition) is 0. The molecule has 0 aliphatic rings. The van der Waals surface area contributed by atoms with Crippen molar-refractivity contribution in [2.24, 2.45) is 0 Å². The van der Waals surface area contributed by atoms with E-state index in [0.29, 0.717) is 5.92 Å². The molecule has 0 N–H and O–H groups in total. The van der Waals surface area contributed by atoms with Gasteiger partial charge in [0.25, 0.3) is 0 Å². The molecule has 0 amide bonds. The molecule has 0 fully saturated rings. The second kappa shape index (κ2) is 8.02. The van der Waals surface area contributed by atoms with Crippen molar-refractivity contribution in [2.75, 3.05) is 0 Å². The van der Waals surface area contributed by atoms with Crippen molar-refractivity contribution in [3.8, 4) is 0 Å². The third kappa shape index (κ3) is 4.74. The van der Waals surface area contributed by atoms with Crippen LogP contribution in [0.1, 0.15) is 67.2 Å². The minimum atomic E-state index is 0.544. The quantitative estimate of drug-likeness (QED) is 0.514. The predicted molar refractivity (Wildman–Crippen MR) is 93.0 cm³/mol. The molecule has 2 aromatic rings. The van der Waals surface area contributed by atoms with Crippen LogP contribution in [0.4, 0.5) is 0 Å². The van der Waals surface area contributed by atoms with Gasteiger partial charge in [-0.1, -0.05) is 92.3 Å². The summed E-state index contributed by atoms with van der Waals surface area (Å²) in [5.74, 6) is 0.544. The lowest BCUT2D eigenvalue weighted by atomic mass is 9.86. The highest BCUT2D eigenvalue weighted by atomic mass is 14.2. The summed E-state index contributed by atoms with van der Waals surface area (Å²) in [6, 6.07) is 18.2. The number of unbranched alkanes of at least 4 members (excludes halogenated alkanes) is 3. The standard InChI is InChI=1S/C21H28/c1-4-5-6-7-8-21(19-13-9-17(2)10-14-19)20-15-11-18(3)12-16-20/h9-16,21H,4-8H2,1-3H3. The van der Waals surface area contributed by atoms with E-state index in [1.165, 1.54) is 54.4 Å². The van der Waals surface area contributed by atoms with E-state index in [-0.39, 0.29) is 0 Å². The maximum absolute atomic E-state index is 2.31. The molecule has 0 bridgehead atoms. The molecule has 0 nitrogen and oxygen atoms in total. The van der Waals surface area contributed by atoms with E-state index < -0.39 is 0 Å². The first-order valence-electron chi connectivity index (χ1n) is 8.34. The van der Waals surface area contributed by atoms with Gasteiger partial charge >= 0.3 is 0 Å². The highest BCUT2D eigenvalue weighted by molar-refractivity contribution is 5.35. The summed E-state index contributed by atoms with van der Waals surface area (Å²) < 4.78 is 0. The average Bonchev–Trinajstić information content (AvgIpc) is 2.50. The monoisotopic (exact) mass is 280 g/mol. The van der Waals surface area contributed by atoms with Crippen LogP contribution in [0.2, 0.25) is 0 Å². The maximum Gasteiger partial charge on any atom is 0.00893 e. The van der Waals surface area contributed by atoms with Crippen molar-refractivity contribution in [2.45, 2.75) is 58.8 Å². The Hall–Kier alpha value is -1.56. The Kier molecular flexibility index (Phi) is 6.04. The summed E-state index contributed by atoms with van der Waals surface area (Å²) in [5.41, 5.74) is 5.60. The van der Waals surface area contributed by atoms with Gasteiger partial charge in [0.1, 0.15) is 0 Å². The van der Waals surface area contributed by atoms with Gasteiger partial charge in [0.15, 0.2) is 0 Å². The van der Waals surface area contributed by atoms with E-state index in [1.54, 1.807) is 0 Å². The summed E-state index contributed by atoms with van der Waals surface area (Å²) in [6.07, 6.45) is 6.59. The molecule has 0 spiro atoms. The second-order valence-electron chi connectivity index (χ2n) is 6.22. The zero-order valence-electron chi connectivity index (χ0n) is 13.7. The zero-order valence-corrected chi connectivity index (χ0v) is 13.7. The summed E-state index contributed by atoms with van der Waals surface area (Å²) >= 11 is 0. The molecule has 0 saturated heterocycles. The Balaban J connectivity index is 2.17. The van der Waals surface area contributed by atoms with Crippen LogP contribution in [0.15, 0.2) is 48.5 Å². The Bertz CT molecular complexity index is 473. The average molecular weight is 280 g/mol. The second-order valence-corrected chi connectivity index (χ2v) is 6.22. The van der Waals surface area contributed by atoms with E-state index >= 15 is 0 Å². The lowest BCUT2D eigenvalue weighted by Gasteiger charge is -2.18. The first kappa shape index (κ1) is 15.8. The van der Waals surface area contributed by atoms with Gasteiger partial charge in [-0.25, -0.2) is 0 Å². The number of aryl methyl sites for hydroxylation is 2. The molecule has 2 aromatic carbocycles. The van der Waals surface area contributed by atoms with Gasteiger partial charge < -0.3 is 0 Å². The van der Waals surface area contributed by atoms with E-state index in [2.05, 4.69) is 69.3 Å². The van der Waals surface area contributed by atoms with Crippen molar-refractivity contribution in [1.29, 1.82) is 0 Å². The lowest BCUT2D eigenvalue weighted by molar-refractivity contribution is 0.596. The fraction of sp³-hybridized carbons (Fsp3) is 0.429. The molecule has 0 aliphatic carbocycles. The molecule has 0 aliphatic heterocycles. The molecule has 0 atom stereocenters. The molecule has 2 rings (SSSR count). The third-order valence-corrected chi connectivity index (χ3v) is 4.31. The van der Waals surface area contributed by atoms with Gasteiger partial charge in [-0.2, -0.15) is 0 Å². The highest BCUT2D eigenvalue weighted by Crippen LogP contribution is 2.30. The minimum Gasteiger partial charge on any atom is -0.0654 e.